The second-order valence-corrected chi connectivity index (χ2v) is 7.96. The number of urea groups is 1. The van der Waals surface area contributed by atoms with Crippen molar-refractivity contribution in [2.75, 3.05) is 43.6 Å². The van der Waals surface area contributed by atoms with Crippen LogP contribution in [0, 0.1) is 11.3 Å². The molecule has 176 valence electrons. The molecule has 0 saturated carbocycles. The third-order valence-electron chi connectivity index (χ3n) is 5.72. The summed E-state index contributed by atoms with van der Waals surface area (Å²) < 4.78 is 10.3. The van der Waals surface area contributed by atoms with Gasteiger partial charge in [0.25, 0.3) is 0 Å². The number of amides is 3. The van der Waals surface area contributed by atoms with Crippen molar-refractivity contribution in [3.63, 3.8) is 0 Å². The van der Waals surface area contributed by atoms with Gasteiger partial charge in [0.15, 0.2) is 6.29 Å². The molecule has 0 spiro atoms. The predicted octanol–water partition coefficient (Wildman–Crippen LogP) is 1.65. The molecule has 1 N–H and O–H groups in total. The molecule has 2 aromatic rings. The molecule has 4 heterocycles. The fraction of sp³-hybridized carbons (Fsp3) is 0.391. The van der Waals surface area contributed by atoms with Crippen LogP contribution in [0.2, 0.25) is 0 Å². The molecule has 34 heavy (non-hydrogen) atoms. The maximum Gasteiger partial charge on any atom is 0.328 e. The van der Waals surface area contributed by atoms with Crippen molar-refractivity contribution in [3.05, 3.63) is 46.3 Å². The lowest BCUT2D eigenvalue weighted by molar-refractivity contribution is -0.143. The first kappa shape index (κ1) is 23.3. The van der Waals surface area contributed by atoms with Gasteiger partial charge in [-0.2, -0.15) is 5.26 Å². The zero-order chi connectivity index (χ0) is 24.1. The summed E-state index contributed by atoms with van der Waals surface area (Å²) in [5, 5.41) is 12.0. The number of hydrogen-bond donors (Lipinski definition) is 1. The quantitative estimate of drug-likeness (QED) is 0.637. The van der Waals surface area contributed by atoms with Crippen LogP contribution in [-0.2, 0) is 33.8 Å². The first-order valence-corrected chi connectivity index (χ1v) is 10.8. The summed E-state index contributed by atoms with van der Waals surface area (Å²) in [6.45, 7) is 1.82. The Bertz CT molecular complexity index is 1160. The number of ether oxygens (including phenoxy) is 2. The molecule has 0 unspecified atom stereocenters. The Labute approximate surface area is 196 Å². The van der Waals surface area contributed by atoms with Crippen LogP contribution >= 0.6 is 0 Å². The van der Waals surface area contributed by atoms with E-state index in [2.05, 4.69) is 15.3 Å². The Balaban J connectivity index is 1.57. The third kappa shape index (κ3) is 4.88. The third-order valence-corrected chi connectivity index (χ3v) is 5.72. The predicted molar refractivity (Wildman–Crippen MR) is 120 cm³/mol. The molecule has 0 bridgehead atoms. The fourth-order valence-corrected chi connectivity index (χ4v) is 4.03. The van der Waals surface area contributed by atoms with Gasteiger partial charge in [-0.15, -0.1) is 0 Å². The molecule has 11 heteroatoms. The Kier molecular flexibility index (Phi) is 7.10. The van der Waals surface area contributed by atoms with Crippen LogP contribution in [0.15, 0.2) is 18.3 Å². The number of carbonyl (C=O) groups excluding carboxylic acids is 3. The lowest BCUT2D eigenvalue weighted by Crippen LogP contribution is -2.42. The average Bonchev–Trinajstić information content (AvgIpc) is 2.85. The van der Waals surface area contributed by atoms with Crippen LogP contribution in [0.3, 0.4) is 0 Å². The van der Waals surface area contributed by atoms with E-state index in [0.29, 0.717) is 61.3 Å². The lowest BCUT2D eigenvalue weighted by atomic mass is 10.0. The van der Waals surface area contributed by atoms with Crippen molar-refractivity contribution in [1.82, 2.24) is 14.9 Å². The zero-order valence-corrected chi connectivity index (χ0v) is 18.7. The number of fused-ring (bicyclic) bond motifs is 1. The highest BCUT2D eigenvalue weighted by molar-refractivity contribution is 6.01. The molecule has 1 fully saturated rings. The van der Waals surface area contributed by atoms with Gasteiger partial charge in [-0.1, -0.05) is 0 Å². The molecule has 3 amide bonds. The van der Waals surface area contributed by atoms with Gasteiger partial charge in [0, 0.05) is 44.1 Å². The monoisotopic (exact) mass is 464 g/mol. The van der Waals surface area contributed by atoms with Gasteiger partial charge in [-0.05, 0) is 30.5 Å². The number of pyridine rings is 2. The molecule has 2 aliphatic rings. The molecule has 0 aromatic carbocycles. The van der Waals surface area contributed by atoms with Crippen molar-refractivity contribution >= 4 is 29.9 Å². The number of aromatic nitrogens is 2. The van der Waals surface area contributed by atoms with Crippen molar-refractivity contribution < 1.29 is 23.9 Å². The molecule has 11 nitrogen and oxygen atoms in total. The Morgan fingerprint density at radius 3 is 2.94 bits per heavy atom. The molecule has 0 radical (unpaired) electrons. The largest absolute Gasteiger partial charge is 0.380 e. The number of aryl methyl sites for hydroxylation is 1. The highest BCUT2D eigenvalue weighted by atomic mass is 16.5. The topological polar surface area (TPSA) is 138 Å². The van der Waals surface area contributed by atoms with E-state index in [1.165, 1.54) is 18.2 Å². The fourth-order valence-electron chi connectivity index (χ4n) is 4.03. The summed E-state index contributed by atoms with van der Waals surface area (Å²) in [5.74, 6) is 0.555. The molecule has 0 atom stereocenters. The first-order valence-electron chi connectivity index (χ1n) is 10.8. The molecular formula is C23H24N6O5. The van der Waals surface area contributed by atoms with Gasteiger partial charge in [0.2, 0.25) is 5.91 Å². The standard InChI is InChI=1S/C23H24N6O5/c1-33-13-17-8-20(25-10-18(17)9-24)27-23(32)29-4-2-3-15-7-16(19(12-30)26-22(15)29)11-28-5-6-34-14-21(28)31/h7-8,10,12H,2-6,11,13-14H2,1H3,(H,25,27,32). The van der Waals surface area contributed by atoms with Crippen LogP contribution in [0.4, 0.5) is 16.4 Å². The second kappa shape index (κ2) is 10.4. The van der Waals surface area contributed by atoms with E-state index in [4.69, 9.17) is 9.47 Å². The molecule has 4 rings (SSSR count). The Morgan fingerprint density at radius 1 is 1.35 bits per heavy atom. The summed E-state index contributed by atoms with van der Waals surface area (Å²) >= 11 is 0. The van der Waals surface area contributed by atoms with Crippen LogP contribution in [-0.4, -0.2) is 66.5 Å². The van der Waals surface area contributed by atoms with Crippen LogP contribution in [0.25, 0.3) is 0 Å². The van der Waals surface area contributed by atoms with E-state index in [9.17, 15) is 19.6 Å². The summed E-state index contributed by atoms with van der Waals surface area (Å²) in [7, 11) is 1.52. The van der Waals surface area contributed by atoms with Gasteiger partial charge in [-0.3, -0.25) is 19.8 Å². The minimum atomic E-state index is -0.443. The molecule has 1 saturated heterocycles. The van der Waals surface area contributed by atoms with Crippen molar-refractivity contribution in [2.45, 2.75) is 26.0 Å². The number of nitriles is 1. The van der Waals surface area contributed by atoms with E-state index >= 15 is 0 Å². The molecule has 2 aromatic heterocycles. The van der Waals surface area contributed by atoms with Crippen LogP contribution in [0.5, 0.6) is 0 Å². The normalized spacial score (nSPS) is 15.5. The lowest BCUT2D eigenvalue weighted by Gasteiger charge is -2.30. The summed E-state index contributed by atoms with van der Waals surface area (Å²) in [6.07, 6.45) is 3.44. The highest BCUT2D eigenvalue weighted by Crippen LogP contribution is 2.28. The molecular weight excluding hydrogens is 440 g/mol. The van der Waals surface area contributed by atoms with Gasteiger partial charge < -0.3 is 14.4 Å². The number of carbonyl (C=O) groups is 3. The molecule has 0 aliphatic carbocycles. The minimum Gasteiger partial charge on any atom is -0.380 e. The van der Waals surface area contributed by atoms with Gasteiger partial charge in [-0.25, -0.2) is 14.8 Å². The van der Waals surface area contributed by atoms with E-state index in [-0.39, 0.29) is 37.2 Å². The maximum absolute atomic E-state index is 13.1. The average molecular weight is 464 g/mol. The highest BCUT2D eigenvalue weighted by Gasteiger charge is 2.27. The van der Waals surface area contributed by atoms with E-state index in [1.807, 2.05) is 12.1 Å². The van der Waals surface area contributed by atoms with E-state index in [1.54, 1.807) is 11.0 Å². The van der Waals surface area contributed by atoms with E-state index < -0.39 is 6.03 Å². The smallest absolute Gasteiger partial charge is 0.328 e. The number of methoxy groups -OCH3 is 1. The van der Waals surface area contributed by atoms with Gasteiger partial charge in [0.05, 0.1) is 18.8 Å². The van der Waals surface area contributed by atoms with Crippen molar-refractivity contribution in [1.29, 1.82) is 5.26 Å². The number of hydrogen-bond acceptors (Lipinski definition) is 8. The van der Waals surface area contributed by atoms with Crippen LogP contribution < -0.4 is 10.2 Å². The van der Waals surface area contributed by atoms with Gasteiger partial charge >= 0.3 is 6.03 Å². The number of anilines is 2. The number of nitrogens with one attached hydrogen (secondary N) is 1. The number of aldehydes is 1. The summed E-state index contributed by atoms with van der Waals surface area (Å²) in [5.41, 5.74) is 2.64. The Hall–Kier alpha value is -3.88. The van der Waals surface area contributed by atoms with Gasteiger partial charge in [0.1, 0.15) is 30.0 Å². The van der Waals surface area contributed by atoms with Crippen molar-refractivity contribution in [3.8, 4) is 6.07 Å². The van der Waals surface area contributed by atoms with E-state index in [0.717, 1.165) is 5.56 Å². The first-order chi connectivity index (χ1) is 16.5. The maximum atomic E-state index is 13.1. The summed E-state index contributed by atoms with van der Waals surface area (Å²) in [4.78, 5) is 48.7. The van der Waals surface area contributed by atoms with Crippen molar-refractivity contribution in [2.24, 2.45) is 0 Å². The number of morpholine rings is 1. The SMILES string of the molecule is COCc1cc(NC(=O)N2CCCc3cc(CN4CCOCC4=O)c(C=O)nc32)ncc1C#N. The zero-order valence-electron chi connectivity index (χ0n) is 18.7. The molecule has 2 aliphatic heterocycles. The Morgan fingerprint density at radius 2 is 2.21 bits per heavy atom. The number of nitrogens with zero attached hydrogens (tertiary/aromatic N) is 5. The second-order valence-electron chi connectivity index (χ2n) is 7.96. The van der Waals surface area contributed by atoms with Crippen LogP contribution in [0.1, 0.15) is 39.2 Å². The summed E-state index contributed by atoms with van der Waals surface area (Å²) in [6, 6.07) is 5.05. The number of rotatable bonds is 6. The minimum absolute atomic E-state index is 0.0260.